The number of nitriles is 1. The van der Waals surface area contributed by atoms with Crippen LogP contribution in [0.15, 0.2) is 130 Å². The summed E-state index contributed by atoms with van der Waals surface area (Å²) in [6, 6.07) is 37.0. The van der Waals surface area contributed by atoms with E-state index >= 15 is 0 Å². The zero-order valence-corrected chi connectivity index (χ0v) is 31.8. The van der Waals surface area contributed by atoms with E-state index in [0.29, 0.717) is 18.6 Å². The summed E-state index contributed by atoms with van der Waals surface area (Å²) in [5, 5.41) is 19.8. The second kappa shape index (κ2) is 15.4. The first-order chi connectivity index (χ1) is 24.2. The molecule has 1 N–H and O–H groups in total. The van der Waals surface area contributed by atoms with E-state index in [1.165, 1.54) is 0 Å². The van der Waals surface area contributed by atoms with Gasteiger partial charge in [-0.2, -0.15) is 5.26 Å². The van der Waals surface area contributed by atoms with Gasteiger partial charge in [0.15, 0.2) is 0 Å². The lowest BCUT2D eigenvalue weighted by Gasteiger charge is -2.16. The number of aliphatic carboxylic acids is 1. The molecule has 0 amide bonds. The zero-order chi connectivity index (χ0) is 37.0. The Balaban J connectivity index is 0.000000198. The molecule has 2 unspecified atom stereocenters. The molecule has 4 aromatic carbocycles. The van der Waals surface area contributed by atoms with Gasteiger partial charge in [-0.25, -0.2) is 0 Å². The van der Waals surface area contributed by atoms with Gasteiger partial charge in [-0.3, -0.25) is 4.79 Å². The third-order valence-electron chi connectivity index (χ3n) is 10.6. The molecule has 4 aromatic rings. The quantitative estimate of drug-likeness (QED) is 0.165. The van der Waals surface area contributed by atoms with E-state index in [-0.39, 0.29) is 26.2 Å². The topological polar surface area (TPSA) is 79.5 Å². The van der Waals surface area contributed by atoms with Crippen LogP contribution in [0.4, 0.5) is 0 Å². The molecular weight excluding hydrogens is 724 g/mol. The first kappa shape index (κ1) is 38.3. The van der Waals surface area contributed by atoms with Crippen LogP contribution in [0.3, 0.4) is 0 Å². The summed E-state index contributed by atoms with van der Waals surface area (Å²) in [6.07, 6.45) is 4.44. The first-order valence-electron chi connectivity index (χ1n) is 16.5. The summed E-state index contributed by atoms with van der Waals surface area (Å²) in [7, 11) is 0. The van der Waals surface area contributed by atoms with E-state index in [4.69, 9.17) is 55.9 Å². The number of carbonyl (C=O) groups is 1. The van der Waals surface area contributed by atoms with Crippen molar-refractivity contribution in [2.24, 2.45) is 33.5 Å². The Bertz CT molecular complexity index is 1960. The normalized spacial score (nSPS) is 23.3. The van der Waals surface area contributed by atoms with Crippen LogP contribution in [0.5, 0.6) is 23.0 Å². The molecule has 0 bridgehead atoms. The van der Waals surface area contributed by atoms with Crippen LogP contribution in [0.25, 0.3) is 0 Å². The maximum Gasteiger partial charge on any atom is 0.311 e. The van der Waals surface area contributed by atoms with Gasteiger partial charge in [0.05, 0.1) is 16.9 Å². The van der Waals surface area contributed by atoms with E-state index in [9.17, 15) is 15.2 Å². The lowest BCUT2D eigenvalue weighted by molar-refractivity contribution is -0.145. The fourth-order valence-electron chi connectivity index (χ4n) is 7.49. The number of nitrogens with zero attached hydrogens (tertiary/aromatic N) is 1. The predicted molar refractivity (Wildman–Crippen MR) is 206 cm³/mol. The van der Waals surface area contributed by atoms with Gasteiger partial charge >= 0.3 is 5.97 Å². The average Bonchev–Trinajstić information content (AvgIpc) is 3.75. The zero-order valence-electron chi connectivity index (χ0n) is 28.7. The highest BCUT2D eigenvalue weighted by Gasteiger charge is 2.74. The SMILES string of the molecule is CC1(C)C(C=C(Cl)Cl)C1(Cc1cccc(Oc2ccccc2)c1)C(=O)O.CC1(C)[C@@H](C=C(Cl)Cl)[C@@]1(C#N)Cc1cccc(Oc2ccccc2)c1. The van der Waals surface area contributed by atoms with Gasteiger partial charge in [0.2, 0.25) is 0 Å². The highest BCUT2D eigenvalue weighted by atomic mass is 35.5. The van der Waals surface area contributed by atoms with Crippen molar-refractivity contribution in [2.75, 3.05) is 0 Å². The second-order valence-electron chi connectivity index (χ2n) is 14.1. The number of ether oxygens (including phenoxy) is 2. The Morgan fingerprint density at radius 1 is 0.667 bits per heavy atom. The van der Waals surface area contributed by atoms with Crippen LogP contribution in [-0.2, 0) is 17.6 Å². The number of allylic oxidation sites excluding steroid dienone is 2. The summed E-state index contributed by atoms with van der Waals surface area (Å²) >= 11 is 23.3. The molecule has 4 atom stereocenters. The molecular formula is C42H39Cl4NO4. The maximum absolute atomic E-state index is 12.1. The van der Waals surface area contributed by atoms with Crippen molar-refractivity contribution in [3.05, 3.63) is 141 Å². The highest BCUT2D eigenvalue weighted by molar-refractivity contribution is 6.56. The van der Waals surface area contributed by atoms with E-state index in [2.05, 4.69) is 19.9 Å². The van der Waals surface area contributed by atoms with Gasteiger partial charge in [-0.1, -0.05) is 135 Å². The van der Waals surface area contributed by atoms with E-state index < -0.39 is 22.2 Å². The van der Waals surface area contributed by atoms with Crippen LogP contribution in [0, 0.1) is 44.8 Å². The third kappa shape index (κ3) is 8.11. The minimum absolute atomic E-state index is 0.0358. The number of benzene rings is 4. The molecule has 0 spiro atoms. The summed E-state index contributed by atoms with van der Waals surface area (Å²) in [4.78, 5) is 12.1. The van der Waals surface area contributed by atoms with Gasteiger partial charge in [0.25, 0.3) is 0 Å². The standard InChI is InChI=1S/C21H19Cl2NO.C21H20Cl2O3/c1-20(2)18(12-19(22)23)21(20,14-24)13-15-7-6-10-17(11-15)25-16-8-4-3-5-9-16;1-20(2)17(12-18(22)23)21(20,19(24)25)13-14-7-6-10-16(11-14)26-15-8-4-3-5-9-15/h3-12,18H,13H2,1-2H3;3-12,17H,13H2,1-2H3,(H,24,25)/t18-,21+;/m1./s1. The van der Waals surface area contributed by atoms with Crippen molar-refractivity contribution in [1.29, 1.82) is 5.26 Å². The van der Waals surface area contributed by atoms with Crippen molar-refractivity contribution in [2.45, 2.75) is 40.5 Å². The molecule has 264 valence electrons. The van der Waals surface area contributed by atoms with Gasteiger partial charge in [0.1, 0.15) is 32.0 Å². The molecule has 0 radical (unpaired) electrons. The molecule has 2 aliphatic rings. The van der Waals surface area contributed by atoms with Crippen LogP contribution in [0.1, 0.15) is 38.8 Å². The molecule has 0 aromatic heterocycles. The maximum atomic E-state index is 12.1. The number of hydrogen-bond donors (Lipinski definition) is 1. The molecule has 0 saturated heterocycles. The van der Waals surface area contributed by atoms with Crippen molar-refractivity contribution in [3.63, 3.8) is 0 Å². The van der Waals surface area contributed by atoms with Crippen LogP contribution < -0.4 is 9.47 Å². The summed E-state index contributed by atoms with van der Waals surface area (Å²) in [5.41, 5.74) is -0.0990. The van der Waals surface area contributed by atoms with Crippen molar-refractivity contribution >= 4 is 52.4 Å². The smallest absolute Gasteiger partial charge is 0.311 e. The fourth-order valence-corrected chi connectivity index (χ4v) is 7.99. The van der Waals surface area contributed by atoms with Crippen molar-refractivity contribution in [3.8, 4) is 29.1 Å². The molecule has 2 fully saturated rings. The van der Waals surface area contributed by atoms with Crippen molar-refractivity contribution in [1.82, 2.24) is 0 Å². The minimum Gasteiger partial charge on any atom is -0.481 e. The van der Waals surface area contributed by atoms with Gasteiger partial charge in [0, 0.05) is 11.8 Å². The number of carboxylic acid groups (broad SMARTS) is 1. The second-order valence-corrected chi connectivity index (χ2v) is 16.2. The molecule has 6 rings (SSSR count). The summed E-state index contributed by atoms with van der Waals surface area (Å²) in [6.45, 7) is 8.03. The summed E-state index contributed by atoms with van der Waals surface area (Å²) < 4.78 is 12.1. The number of para-hydroxylation sites is 2. The number of rotatable bonds is 11. The van der Waals surface area contributed by atoms with Gasteiger partial charge < -0.3 is 14.6 Å². The van der Waals surface area contributed by atoms with Crippen LogP contribution in [-0.4, -0.2) is 11.1 Å². The number of hydrogen-bond acceptors (Lipinski definition) is 4. The largest absolute Gasteiger partial charge is 0.481 e. The lowest BCUT2D eigenvalue weighted by Crippen LogP contribution is -2.24. The molecule has 51 heavy (non-hydrogen) atoms. The molecule has 2 saturated carbocycles. The monoisotopic (exact) mass is 761 g/mol. The fraction of sp³-hybridized carbons (Fsp3) is 0.286. The van der Waals surface area contributed by atoms with Crippen molar-refractivity contribution < 1.29 is 19.4 Å². The Morgan fingerprint density at radius 2 is 1.10 bits per heavy atom. The number of halogens is 4. The summed E-state index contributed by atoms with van der Waals surface area (Å²) in [5.74, 6) is 1.93. The van der Waals surface area contributed by atoms with E-state index in [1.54, 1.807) is 12.2 Å². The Kier molecular flexibility index (Phi) is 11.5. The Hall–Kier alpha value is -3.92. The van der Waals surface area contributed by atoms with Crippen LogP contribution in [0.2, 0.25) is 0 Å². The van der Waals surface area contributed by atoms with Gasteiger partial charge in [-0.05, 0) is 95.5 Å². The molecule has 9 heteroatoms. The Labute approximate surface area is 320 Å². The Morgan fingerprint density at radius 3 is 1.53 bits per heavy atom. The third-order valence-corrected chi connectivity index (χ3v) is 11.1. The van der Waals surface area contributed by atoms with Gasteiger partial charge in [-0.15, -0.1) is 0 Å². The first-order valence-corrected chi connectivity index (χ1v) is 18.0. The minimum atomic E-state index is -0.937. The number of carboxylic acids is 1. The predicted octanol–water partition coefficient (Wildman–Crippen LogP) is 12.6. The van der Waals surface area contributed by atoms with E-state index in [0.717, 1.165) is 28.4 Å². The molecule has 2 aliphatic carbocycles. The molecule has 0 heterocycles. The van der Waals surface area contributed by atoms with Crippen LogP contribution >= 0.6 is 46.4 Å². The molecule has 0 aliphatic heterocycles. The average molecular weight is 764 g/mol. The highest BCUT2D eigenvalue weighted by Crippen LogP contribution is 2.72. The van der Waals surface area contributed by atoms with E-state index in [1.807, 2.05) is 123 Å². The molecule has 5 nitrogen and oxygen atoms in total. The lowest BCUT2D eigenvalue weighted by atomic mass is 9.88.